The van der Waals surface area contributed by atoms with E-state index in [1.54, 1.807) is 30.3 Å². The molecule has 10 nitrogen and oxygen atoms in total. The van der Waals surface area contributed by atoms with Gasteiger partial charge >= 0.3 is 12.1 Å². The third-order valence-corrected chi connectivity index (χ3v) is 4.69. The van der Waals surface area contributed by atoms with E-state index in [4.69, 9.17) is 9.84 Å². The van der Waals surface area contributed by atoms with Crippen LogP contribution in [-0.4, -0.2) is 92.7 Å². The lowest BCUT2D eigenvalue weighted by atomic mass is 9.97. The van der Waals surface area contributed by atoms with Crippen molar-refractivity contribution >= 4 is 12.1 Å². The second-order valence-electron chi connectivity index (χ2n) is 6.51. The Labute approximate surface area is 161 Å². The Morgan fingerprint density at radius 3 is 2.43 bits per heavy atom. The molecule has 2 rings (SSSR count). The van der Waals surface area contributed by atoms with Crippen LogP contribution in [0, 0.1) is 0 Å². The van der Waals surface area contributed by atoms with Gasteiger partial charge in [0.1, 0.15) is 31.0 Å². The number of benzene rings is 1. The van der Waals surface area contributed by atoms with E-state index in [2.05, 4.69) is 4.74 Å². The Bertz CT molecular complexity index is 656. The summed E-state index contributed by atoms with van der Waals surface area (Å²) in [5, 5.41) is 49.2. The number of nitrogens with zero attached hydrogens (tertiary/aromatic N) is 1. The van der Waals surface area contributed by atoms with Crippen molar-refractivity contribution in [3.8, 4) is 0 Å². The van der Waals surface area contributed by atoms with Gasteiger partial charge in [0, 0.05) is 6.42 Å². The monoisotopic (exact) mass is 399 g/mol. The molecule has 6 atom stereocenters. The second-order valence-corrected chi connectivity index (χ2v) is 6.51. The van der Waals surface area contributed by atoms with Crippen molar-refractivity contribution in [1.82, 2.24) is 4.90 Å². The van der Waals surface area contributed by atoms with E-state index < -0.39 is 55.2 Å². The number of aliphatic hydroxyl groups is 5. The molecule has 0 radical (unpaired) electrons. The highest BCUT2D eigenvalue weighted by molar-refractivity contribution is 5.82. The van der Waals surface area contributed by atoms with Crippen LogP contribution < -0.4 is 0 Å². The first-order chi connectivity index (χ1) is 13.3. The molecule has 1 aliphatic heterocycles. The molecule has 1 amide bonds. The van der Waals surface area contributed by atoms with Crippen LogP contribution in [0.1, 0.15) is 12.0 Å². The number of hydrogen-bond donors (Lipinski definition) is 5. The molecule has 0 spiro atoms. The lowest BCUT2D eigenvalue weighted by Crippen LogP contribution is -2.57. The van der Waals surface area contributed by atoms with Crippen LogP contribution in [0.3, 0.4) is 0 Å². The summed E-state index contributed by atoms with van der Waals surface area (Å²) in [6.07, 6.45) is -8.09. The summed E-state index contributed by atoms with van der Waals surface area (Å²) in [4.78, 5) is 25.5. The first-order valence-electron chi connectivity index (χ1n) is 8.71. The van der Waals surface area contributed by atoms with Gasteiger partial charge in [0.25, 0.3) is 0 Å². The van der Waals surface area contributed by atoms with Crippen molar-refractivity contribution < 1.29 is 44.6 Å². The smallest absolute Gasteiger partial charge is 0.411 e. The topological polar surface area (TPSA) is 157 Å². The van der Waals surface area contributed by atoms with Crippen LogP contribution in [0.5, 0.6) is 0 Å². The van der Waals surface area contributed by atoms with Crippen LogP contribution in [0.4, 0.5) is 4.79 Å². The fourth-order valence-corrected chi connectivity index (χ4v) is 3.19. The van der Waals surface area contributed by atoms with Gasteiger partial charge < -0.3 is 35.0 Å². The molecule has 1 aromatic carbocycles. The van der Waals surface area contributed by atoms with Crippen LogP contribution in [0.15, 0.2) is 30.3 Å². The van der Waals surface area contributed by atoms with Crippen LogP contribution >= 0.6 is 0 Å². The van der Waals surface area contributed by atoms with Gasteiger partial charge in [-0.1, -0.05) is 30.3 Å². The van der Waals surface area contributed by atoms with E-state index >= 15 is 0 Å². The molecule has 0 aromatic heterocycles. The minimum absolute atomic E-state index is 0.120. The summed E-state index contributed by atoms with van der Waals surface area (Å²) in [6.45, 7) is -0.968. The Kier molecular flexibility index (Phi) is 7.72. The third kappa shape index (κ3) is 4.78. The summed E-state index contributed by atoms with van der Waals surface area (Å²) in [5.74, 6) is -0.831. The number of esters is 1. The first kappa shape index (κ1) is 22.1. The number of ether oxygens (including phenoxy) is 2. The molecule has 10 heteroatoms. The average molecular weight is 399 g/mol. The first-order valence-corrected chi connectivity index (χ1v) is 8.71. The molecule has 1 aromatic rings. The number of likely N-dealkylation sites (tertiary alicyclic amines) is 1. The number of hydrogen-bond acceptors (Lipinski definition) is 9. The molecule has 1 aliphatic rings. The molecule has 156 valence electrons. The van der Waals surface area contributed by atoms with Gasteiger partial charge in [-0.25, -0.2) is 9.59 Å². The predicted molar refractivity (Wildman–Crippen MR) is 93.8 cm³/mol. The van der Waals surface area contributed by atoms with Gasteiger partial charge in [-0.3, -0.25) is 4.90 Å². The van der Waals surface area contributed by atoms with E-state index in [-0.39, 0.29) is 13.0 Å². The second kappa shape index (κ2) is 9.80. The zero-order chi connectivity index (χ0) is 20.8. The lowest BCUT2D eigenvalue weighted by Gasteiger charge is -2.34. The fourth-order valence-electron chi connectivity index (χ4n) is 3.19. The van der Waals surface area contributed by atoms with Gasteiger partial charge in [0.05, 0.1) is 25.9 Å². The van der Waals surface area contributed by atoms with E-state index in [1.165, 1.54) is 0 Å². The van der Waals surface area contributed by atoms with E-state index in [1.807, 2.05) is 0 Å². The average Bonchev–Trinajstić information content (AvgIpc) is 3.07. The fraction of sp³-hybridized carbons (Fsp3) is 0.556. The number of carbonyl (C=O) groups is 2. The van der Waals surface area contributed by atoms with E-state index in [9.17, 15) is 30.0 Å². The van der Waals surface area contributed by atoms with Crippen molar-refractivity contribution in [2.75, 3.05) is 13.7 Å². The molecular weight excluding hydrogens is 374 g/mol. The predicted octanol–water partition coefficient (Wildman–Crippen LogP) is -1.62. The molecule has 0 unspecified atom stereocenters. The van der Waals surface area contributed by atoms with Gasteiger partial charge in [0.15, 0.2) is 0 Å². The van der Waals surface area contributed by atoms with Crippen molar-refractivity contribution in [1.29, 1.82) is 0 Å². The number of rotatable bonds is 7. The molecule has 0 saturated carbocycles. The van der Waals surface area contributed by atoms with Crippen molar-refractivity contribution in [2.45, 2.75) is 49.5 Å². The molecule has 28 heavy (non-hydrogen) atoms. The van der Waals surface area contributed by atoms with Crippen LogP contribution in [0.2, 0.25) is 0 Å². The number of aliphatic hydroxyl groups excluding tert-OH is 5. The highest BCUT2D eigenvalue weighted by Crippen LogP contribution is 2.30. The molecule has 0 aliphatic carbocycles. The van der Waals surface area contributed by atoms with Crippen LogP contribution in [-0.2, 0) is 20.9 Å². The minimum Gasteiger partial charge on any atom is -0.467 e. The zero-order valence-electron chi connectivity index (χ0n) is 15.3. The maximum absolute atomic E-state index is 12.7. The van der Waals surface area contributed by atoms with Gasteiger partial charge in [0.2, 0.25) is 0 Å². The summed E-state index contributed by atoms with van der Waals surface area (Å²) in [7, 11) is 1.11. The Morgan fingerprint density at radius 2 is 1.86 bits per heavy atom. The van der Waals surface area contributed by atoms with Crippen molar-refractivity contribution in [3.63, 3.8) is 0 Å². The maximum atomic E-state index is 12.7. The molecule has 1 heterocycles. The highest BCUT2D eigenvalue weighted by atomic mass is 16.6. The van der Waals surface area contributed by atoms with E-state index in [0.717, 1.165) is 12.0 Å². The van der Waals surface area contributed by atoms with Crippen LogP contribution in [0.25, 0.3) is 0 Å². The summed E-state index contributed by atoms with van der Waals surface area (Å²) in [6, 6.07) is 6.02. The molecular formula is C18H25NO9. The largest absolute Gasteiger partial charge is 0.467 e. The van der Waals surface area contributed by atoms with Gasteiger partial charge in [-0.2, -0.15) is 0 Å². The van der Waals surface area contributed by atoms with Crippen molar-refractivity contribution in [3.05, 3.63) is 35.9 Å². The molecule has 0 bridgehead atoms. The number of carbonyl (C=O) groups excluding carboxylic acids is 2. The summed E-state index contributed by atoms with van der Waals surface area (Å²) < 4.78 is 9.85. The Hall–Kier alpha value is -2.24. The third-order valence-electron chi connectivity index (χ3n) is 4.69. The van der Waals surface area contributed by atoms with Gasteiger partial charge in [-0.15, -0.1) is 0 Å². The quantitative estimate of drug-likeness (QED) is 0.340. The standard InChI is InChI=1S/C18H25NO9/c1-27-17(25)11-7-12(21)14(16(24)15(23)13(22)8-20)19(11)18(26)28-9-10-5-3-2-4-6-10/h2-6,11-16,20-24H,7-9H2,1H3/t11-,12-,13+,14+,15+,16+/m0/s1. The lowest BCUT2D eigenvalue weighted by molar-refractivity contribution is -0.147. The normalized spacial score (nSPS) is 25.1. The number of methoxy groups -OCH3 is 1. The molecule has 5 N–H and O–H groups in total. The highest BCUT2D eigenvalue weighted by Gasteiger charge is 2.52. The molecule has 1 saturated heterocycles. The molecule has 1 fully saturated rings. The minimum atomic E-state index is -1.87. The summed E-state index contributed by atoms with van der Waals surface area (Å²) in [5.41, 5.74) is 0.679. The number of amides is 1. The van der Waals surface area contributed by atoms with Crippen molar-refractivity contribution in [2.24, 2.45) is 0 Å². The van der Waals surface area contributed by atoms with E-state index in [0.29, 0.717) is 5.56 Å². The van der Waals surface area contributed by atoms with Gasteiger partial charge in [-0.05, 0) is 5.56 Å². The zero-order valence-corrected chi connectivity index (χ0v) is 15.3. The Morgan fingerprint density at radius 1 is 1.21 bits per heavy atom. The summed E-state index contributed by atoms with van der Waals surface area (Å²) >= 11 is 0. The Balaban J connectivity index is 2.23. The maximum Gasteiger partial charge on any atom is 0.411 e. The SMILES string of the molecule is COC(=O)[C@@H]1C[C@H](O)[C@H]([C@@H](O)[C@H](O)[C@H](O)CO)N1C(=O)OCc1ccccc1.